The van der Waals surface area contributed by atoms with E-state index in [9.17, 15) is 0 Å². The second-order valence-electron chi connectivity index (χ2n) is 4.76. The maximum Gasteiger partial charge on any atom is 0.110 e. The molecule has 3 nitrogen and oxygen atoms in total. The molecule has 0 bridgehead atoms. The average Bonchev–Trinajstić information content (AvgIpc) is 2.69. The third-order valence-corrected chi connectivity index (χ3v) is 4.52. The zero-order valence-corrected chi connectivity index (χ0v) is 11.0. The molecule has 16 heavy (non-hydrogen) atoms. The Morgan fingerprint density at radius 1 is 1.25 bits per heavy atom. The Morgan fingerprint density at radius 3 is 2.81 bits per heavy atom. The number of ether oxygens (including phenoxy) is 1. The summed E-state index contributed by atoms with van der Waals surface area (Å²) in [5, 5.41) is 4.76. The topological polar surface area (TPSA) is 27.1 Å². The lowest BCUT2D eigenvalue weighted by atomic mass is 9.96. The van der Waals surface area contributed by atoms with Gasteiger partial charge in [-0.1, -0.05) is 19.3 Å². The Hall–Kier alpha value is -0.350. The van der Waals surface area contributed by atoms with Gasteiger partial charge in [0, 0.05) is 12.0 Å². The molecule has 0 atom stereocenters. The molecule has 0 saturated heterocycles. The van der Waals surface area contributed by atoms with Crippen molar-refractivity contribution >= 4 is 15.9 Å². The van der Waals surface area contributed by atoms with Gasteiger partial charge in [-0.25, -0.2) is 0 Å². The van der Waals surface area contributed by atoms with E-state index in [1.54, 1.807) is 0 Å². The fourth-order valence-electron chi connectivity index (χ4n) is 2.75. The van der Waals surface area contributed by atoms with Crippen LogP contribution in [0.4, 0.5) is 0 Å². The maximum absolute atomic E-state index is 5.49. The number of hydrogen-bond acceptors (Lipinski definition) is 2. The highest BCUT2D eigenvalue weighted by Crippen LogP contribution is 2.34. The highest BCUT2D eigenvalue weighted by molar-refractivity contribution is 9.10. The van der Waals surface area contributed by atoms with Gasteiger partial charge in [0.2, 0.25) is 0 Å². The summed E-state index contributed by atoms with van der Waals surface area (Å²) in [5.41, 5.74) is 2.51. The minimum atomic E-state index is 0.605. The molecule has 0 N–H and O–H groups in total. The number of halogens is 1. The van der Waals surface area contributed by atoms with Crippen molar-refractivity contribution in [1.82, 2.24) is 9.78 Å². The summed E-state index contributed by atoms with van der Waals surface area (Å²) in [6, 6.07) is 0.605. The van der Waals surface area contributed by atoms with Gasteiger partial charge in [0.1, 0.15) is 4.60 Å². The Balaban J connectivity index is 1.91. The smallest absolute Gasteiger partial charge is 0.110 e. The number of aromatic nitrogens is 2. The van der Waals surface area contributed by atoms with E-state index in [0.717, 1.165) is 24.2 Å². The SMILES string of the molecule is Brc1c2c(nn1C1CCCCC1)CCOC2. The van der Waals surface area contributed by atoms with Crippen molar-refractivity contribution in [2.75, 3.05) is 6.61 Å². The van der Waals surface area contributed by atoms with E-state index >= 15 is 0 Å². The van der Waals surface area contributed by atoms with Crippen LogP contribution in [-0.2, 0) is 17.8 Å². The summed E-state index contributed by atoms with van der Waals surface area (Å²) in [6.45, 7) is 1.55. The van der Waals surface area contributed by atoms with Crippen LogP contribution in [0, 0.1) is 0 Å². The van der Waals surface area contributed by atoms with Gasteiger partial charge >= 0.3 is 0 Å². The van der Waals surface area contributed by atoms with Crippen molar-refractivity contribution < 1.29 is 4.74 Å². The molecule has 0 unspecified atom stereocenters. The molecule has 1 fully saturated rings. The van der Waals surface area contributed by atoms with Crippen LogP contribution in [0.25, 0.3) is 0 Å². The molecule has 4 heteroatoms. The molecule has 3 rings (SSSR count). The lowest BCUT2D eigenvalue weighted by molar-refractivity contribution is 0.110. The zero-order valence-electron chi connectivity index (χ0n) is 9.41. The fraction of sp³-hybridized carbons (Fsp3) is 0.750. The molecular weight excluding hydrogens is 268 g/mol. The van der Waals surface area contributed by atoms with Gasteiger partial charge in [-0.15, -0.1) is 0 Å². The first kappa shape index (κ1) is 10.8. The van der Waals surface area contributed by atoms with Gasteiger partial charge in [0.25, 0.3) is 0 Å². The molecule has 1 aromatic rings. The Morgan fingerprint density at radius 2 is 2.06 bits per heavy atom. The van der Waals surface area contributed by atoms with Crippen LogP contribution in [-0.4, -0.2) is 16.4 Å². The van der Waals surface area contributed by atoms with Crippen molar-refractivity contribution in [3.05, 3.63) is 15.9 Å². The average molecular weight is 285 g/mol. The number of fused-ring (bicyclic) bond motifs is 1. The second kappa shape index (κ2) is 4.49. The summed E-state index contributed by atoms with van der Waals surface area (Å²) in [7, 11) is 0. The third-order valence-electron chi connectivity index (χ3n) is 3.68. The maximum atomic E-state index is 5.49. The number of nitrogens with zero attached hydrogens (tertiary/aromatic N) is 2. The van der Waals surface area contributed by atoms with Gasteiger partial charge < -0.3 is 4.74 Å². The van der Waals surface area contributed by atoms with Crippen molar-refractivity contribution in [3.8, 4) is 0 Å². The lowest BCUT2D eigenvalue weighted by Gasteiger charge is -2.22. The van der Waals surface area contributed by atoms with E-state index in [4.69, 9.17) is 9.84 Å². The van der Waals surface area contributed by atoms with Crippen LogP contribution in [0.3, 0.4) is 0 Å². The molecule has 1 aromatic heterocycles. The molecule has 2 heterocycles. The Bertz CT molecular complexity index is 383. The van der Waals surface area contributed by atoms with Crippen molar-refractivity contribution in [1.29, 1.82) is 0 Å². The van der Waals surface area contributed by atoms with Gasteiger partial charge in [-0.3, -0.25) is 4.68 Å². The van der Waals surface area contributed by atoms with Crippen LogP contribution in [0.2, 0.25) is 0 Å². The number of rotatable bonds is 1. The summed E-state index contributed by atoms with van der Waals surface area (Å²) < 4.78 is 8.86. The van der Waals surface area contributed by atoms with Gasteiger partial charge in [-0.2, -0.15) is 5.10 Å². The minimum absolute atomic E-state index is 0.605. The molecule has 0 spiro atoms. The molecule has 1 aliphatic carbocycles. The standard InChI is InChI=1S/C12H17BrN2O/c13-12-10-8-16-7-6-11(10)14-15(12)9-4-2-1-3-5-9/h9H,1-8H2. The normalized spacial score (nSPS) is 22.1. The molecular formula is C12H17BrN2O. The Labute approximate surface area is 104 Å². The van der Waals surface area contributed by atoms with Gasteiger partial charge in [0.05, 0.1) is 24.9 Å². The van der Waals surface area contributed by atoms with Crippen LogP contribution in [0.5, 0.6) is 0 Å². The first-order valence-electron chi connectivity index (χ1n) is 6.20. The van der Waals surface area contributed by atoms with Crippen molar-refractivity contribution in [2.45, 2.75) is 51.2 Å². The molecule has 0 radical (unpaired) electrons. The summed E-state index contributed by atoms with van der Waals surface area (Å²) in [6.07, 6.45) is 7.60. The second-order valence-corrected chi connectivity index (χ2v) is 5.51. The van der Waals surface area contributed by atoms with Crippen molar-refractivity contribution in [3.63, 3.8) is 0 Å². The largest absolute Gasteiger partial charge is 0.376 e. The monoisotopic (exact) mass is 284 g/mol. The fourth-order valence-corrected chi connectivity index (χ4v) is 3.46. The van der Waals surface area contributed by atoms with Crippen LogP contribution < -0.4 is 0 Å². The van der Waals surface area contributed by atoms with Crippen LogP contribution in [0.15, 0.2) is 4.60 Å². The van der Waals surface area contributed by atoms with Gasteiger partial charge in [0.15, 0.2) is 0 Å². The molecule has 2 aliphatic rings. The first-order valence-corrected chi connectivity index (χ1v) is 6.99. The van der Waals surface area contributed by atoms with E-state index < -0.39 is 0 Å². The molecule has 1 aliphatic heterocycles. The Kier molecular flexibility index (Phi) is 3.03. The number of hydrogen-bond donors (Lipinski definition) is 0. The molecule has 1 saturated carbocycles. The highest BCUT2D eigenvalue weighted by atomic mass is 79.9. The van der Waals surface area contributed by atoms with E-state index in [-0.39, 0.29) is 0 Å². The highest BCUT2D eigenvalue weighted by Gasteiger charge is 2.24. The predicted octanol–water partition coefficient (Wildman–Crippen LogP) is 3.22. The summed E-state index contributed by atoms with van der Waals surface area (Å²) in [4.78, 5) is 0. The molecule has 0 aromatic carbocycles. The predicted molar refractivity (Wildman–Crippen MR) is 65.4 cm³/mol. The minimum Gasteiger partial charge on any atom is -0.376 e. The van der Waals surface area contributed by atoms with E-state index in [1.807, 2.05) is 0 Å². The molecule has 88 valence electrons. The zero-order chi connectivity index (χ0) is 11.0. The van der Waals surface area contributed by atoms with Crippen molar-refractivity contribution in [2.24, 2.45) is 0 Å². The van der Waals surface area contributed by atoms with E-state index in [2.05, 4.69) is 20.6 Å². The van der Waals surface area contributed by atoms with Crippen LogP contribution in [0.1, 0.15) is 49.4 Å². The quantitative estimate of drug-likeness (QED) is 0.792. The van der Waals surface area contributed by atoms with E-state index in [0.29, 0.717) is 6.04 Å². The summed E-state index contributed by atoms with van der Waals surface area (Å²) >= 11 is 3.69. The molecule has 0 amide bonds. The lowest BCUT2D eigenvalue weighted by Crippen LogP contribution is -2.14. The van der Waals surface area contributed by atoms with Gasteiger partial charge in [-0.05, 0) is 28.8 Å². The summed E-state index contributed by atoms with van der Waals surface area (Å²) in [5.74, 6) is 0. The first-order chi connectivity index (χ1) is 7.86. The van der Waals surface area contributed by atoms with E-state index in [1.165, 1.54) is 43.4 Å². The third kappa shape index (κ3) is 1.82. The van der Waals surface area contributed by atoms with Crippen LogP contribution >= 0.6 is 15.9 Å².